The predicted molar refractivity (Wildman–Crippen MR) is 72.2 cm³/mol. The number of hydrogen-bond donors (Lipinski definition) is 1. The number of rotatable bonds is 4. The van der Waals surface area contributed by atoms with Crippen LogP contribution in [0.1, 0.15) is 24.8 Å². The van der Waals surface area contributed by atoms with Crippen molar-refractivity contribution in [2.45, 2.75) is 43.6 Å². The van der Waals surface area contributed by atoms with Gasteiger partial charge in [0, 0.05) is 45.0 Å². The quantitative estimate of drug-likeness (QED) is 0.667. The zero-order valence-corrected chi connectivity index (χ0v) is 13.8. The van der Waals surface area contributed by atoms with Gasteiger partial charge in [-0.2, -0.15) is 35.9 Å². The molecule has 2 nitrogen and oxygen atoms in total. The number of nitrogens with zero attached hydrogens (tertiary/aromatic N) is 1. The molecule has 4 atom stereocenters. The number of aryl methyl sites for hydroxylation is 1. The molecule has 95 valence electrons. The largest absolute Gasteiger partial charge is 0.393 e. The van der Waals surface area contributed by atoms with Crippen molar-refractivity contribution < 1.29 is 37.8 Å². The van der Waals surface area contributed by atoms with Crippen LogP contribution in [0.15, 0.2) is 24.3 Å². The van der Waals surface area contributed by atoms with Gasteiger partial charge in [0.2, 0.25) is 6.04 Å². The molecule has 19 heavy (non-hydrogen) atoms. The maximum Gasteiger partial charge on any atom is 0.228 e. The van der Waals surface area contributed by atoms with E-state index in [1.807, 2.05) is 18.2 Å². The fourth-order valence-electron chi connectivity index (χ4n) is 2.78. The van der Waals surface area contributed by atoms with Crippen LogP contribution in [0.5, 0.6) is 0 Å². The Labute approximate surface area is 142 Å². The third-order valence-electron chi connectivity index (χ3n) is 3.86. The first-order chi connectivity index (χ1) is 8.72. The van der Waals surface area contributed by atoms with Crippen molar-refractivity contribution in [2.75, 3.05) is 0 Å². The van der Waals surface area contributed by atoms with Crippen molar-refractivity contribution in [3.8, 4) is 0 Å². The average molecular weight is 327 g/mol. The number of benzene rings is 1. The number of hydrogen-bond acceptors (Lipinski definition) is 1. The maximum atomic E-state index is 9.71. The zero-order valence-electron chi connectivity index (χ0n) is 11.0. The van der Waals surface area contributed by atoms with Crippen LogP contribution in [-0.2, 0) is 39.1 Å². The Morgan fingerprint density at radius 3 is 2.95 bits per heavy atom. The fourth-order valence-corrected chi connectivity index (χ4v) is 2.78. The molecule has 1 aromatic carbocycles. The smallest absolute Gasteiger partial charge is 0.228 e. The summed E-state index contributed by atoms with van der Waals surface area (Å²) in [5, 5.41) is 9.71. The summed E-state index contributed by atoms with van der Waals surface area (Å²) in [4.78, 5) is 3.60. The van der Waals surface area contributed by atoms with Crippen LogP contribution in [0.3, 0.4) is 0 Å². The van der Waals surface area contributed by atoms with E-state index in [0.29, 0.717) is 6.42 Å². The van der Waals surface area contributed by atoms with Crippen molar-refractivity contribution in [1.82, 2.24) is 0 Å². The fraction of sp³-hybridized carbons (Fsp3) is 0.533. The predicted octanol–water partition coefficient (Wildman–Crippen LogP) is 2.43. The third-order valence-corrected chi connectivity index (χ3v) is 3.86. The van der Waals surface area contributed by atoms with E-state index in [-0.39, 0.29) is 50.5 Å². The zero-order chi connectivity index (χ0) is 13.0. The molecule has 0 saturated heterocycles. The molecule has 0 heterocycles. The number of aliphatic hydroxyl groups is 1. The van der Waals surface area contributed by atoms with E-state index in [1.54, 1.807) is 0 Å². The molecule has 1 aromatic rings. The van der Waals surface area contributed by atoms with E-state index in [0.717, 1.165) is 19.3 Å². The third kappa shape index (κ3) is 4.41. The standard InChI is InChI=1S/C15H17BNO.Y/c1-17-13-10-14(18)15(16)12(13)9-5-8-11-6-3-2-4-7-11;/h2-3,6-7,12-15,18H,5,8-10H2;/q-1;. The van der Waals surface area contributed by atoms with Crippen LogP contribution in [0.2, 0.25) is 5.82 Å². The Morgan fingerprint density at radius 1 is 1.53 bits per heavy atom. The van der Waals surface area contributed by atoms with E-state index in [1.165, 1.54) is 5.56 Å². The normalized spacial score (nSPS) is 29.5. The molecule has 0 amide bonds. The molecule has 0 bridgehead atoms. The summed E-state index contributed by atoms with van der Waals surface area (Å²) in [6.45, 7) is 7.16. The van der Waals surface area contributed by atoms with Crippen LogP contribution in [-0.4, -0.2) is 25.1 Å². The van der Waals surface area contributed by atoms with E-state index < -0.39 is 6.10 Å². The molecule has 0 aromatic heterocycles. The molecule has 1 saturated carbocycles. The van der Waals surface area contributed by atoms with Gasteiger partial charge in [0.05, 0.1) is 14.0 Å². The van der Waals surface area contributed by atoms with Crippen LogP contribution in [0, 0.1) is 18.6 Å². The van der Waals surface area contributed by atoms with Crippen LogP contribution in [0.25, 0.3) is 4.85 Å². The van der Waals surface area contributed by atoms with E-state index in [9.17, 15) is 5.11 Å². The minimum Gasteiger partial charge on any atom is -0.393 e. The van der Waals surface area contributed by atoms with Crippen LogP contribution in [0.4, 0.5) is 0 Å². The van der Waals surface area contributed by atoms with Gasteiger partial charge in [0.15, 0.2) is 0 Å². The first kappa shape index (κ1) is 16.9. The van der Waals surface area contributed by atoms with Gasteiger partial charge in [0.25, 0.3) is 0 Å². The second-order valence-electron chi connectivity index (χ2n) is 5.04. The van der Waals surface area contributed by atoms with Gasteiger partial charge in [0.1, 0.15) is 0 Å². The molecule has 1 fully saturated rings. The average Bonchev–Trinajstić information content (AvgIpc) is 2.67. The summed E-state index contributed by atoms with van der Waals surface area (Å²) in [6, 6.07) is 10.9. The SMILES string of the molecule is [B]C1C(O)CC([N+]#[C-])C1CCCc1c[c-]ccc1.[Y]. The number of aliphatic hydroxyl groups excluding tert-OH is 1. The summed E-state index contributed by atoms with van der Waals surface area (Å²) >= 11 is 0. The molecule has 3 radical (unpaired) electrons. The molecule has 1 aliphatic carbocycles. The molecule has 2 rings (SSSR count). The molecule has 1 N–H and O–H groups in total. The van der Waals surface area contributed by atoms with Gasteiger partial charge in [-0.05, 0) is 12.2 Å². The Kier molecular flexibility index (Phi) is 7.29. The van der Waals surface area contributed by atoms with E-state index >= 15 is 0 Å². The molecule has 0 spiro atoms. The van der Waals surface area contributed by atoms with Gasteiger partial charge in [-0.3, -0.25) is 0 Å². The van der Waals surface area contributed by atoms with Gasteiger partial charge in [-0.25, -0.2) is 6.57 Å². The Balaban J connectivity index is 0.00000180. The molecular weight excluding hydrogens is 310 g/mol. The first-order valence-corrected chi connectivity index (χ1v) is 6.47. The first-order valence-electron chi connectivity index (χ1n) is 6.47. The van der Waals surface area contributed by atoms with Crippen molar-refractivity contribution in [1.29, 1.82) is 0 Å². The van der Waals surface area contributed by atoms with Crippen molar-refractivity contribution >= 4 is 7.85 Å². The minimum absolute atomic E-state index is 0. The van der Waals surface area contributed by atoms with Gasteiger partial charge in [-0.1, -0.05) is 12.8 Å². The molecule has 1 aliphatic rings. The Morgan fingerprint density at radius 2 is 2.32 bits per heavy atom. The summed E-state index contributed by atoms with van der Waals surface area (Å²) in [7, 11) is 5.97. The van der Waals surface area contributed by atoms with Crippen LogP contribution >= 0.6 is 0 Å². The van der Waals surface area contributed by atoms with Crippen LogP contribution < -0.4 is 0 Å². The monoisotopic (exact) mass is 327 g/mol. The van der Waals surface area contributed by atoms with Crippen molar-refractivity contribution in [3.63, 3.8) is 0 Å². The summed E-state index contributed by atoms with van der Waals surface area (Å²) in [5.41, 5.74) is 1.27. The van der Waals surface area contributed by atoms with Gasteiger partial charge < -0.3 is 9.95 Å². The minimum atomic E-state index is -0.501. The van der Waals surface area contributed by atoms with Gasteiger partial charge >= 0.3 is 0 Å². The molecule has 4 unspecified atom stereocenters. The summed E-state index contributed by atoms with van der Waals surface area (Å²) < 4.78 is 0. The second kappa shape index (κ2) is 8.20. The Bertz CT molecular complexity index is 420. The van der Waals surface area contributed by atoms with Gasteiger partial charge in [-0.15, -0.1) is 0 Å². The molecular formula is C15H17BNOY-. The topological polar surface area (TPSA) is 24.6 Å². The summed E-state index contributed by atoms with van der Waals surface area (Å²) in [6.07, 6.45) is 2.95. The molecule has 0 aliphatic heterocycles. The van der Waals surface area contributed by atoms with E-state index in [4.69, 9.17) is 14.4 Å². The maximum absolute atomic E-state index is 9.71. The van der Waals surface area contributed by atoms with E-state index in [2.05, 4.69) is 17.0 Å². The van der Waals surface area contributed by atoms with Crippen molar-refractivity contribution in [3.05, 3.63) is 47.3 Å². The Hall–Kier alpha value is -0.161. The van der Waals surface area contributed by atoms with Crippen molar-refractivity contribution in [2.24, 2.45) is 5.92 Å². The summed E-state index contributed by atoms with van der Waals surface area (Å²) in [5.74, 6) is -0.0865. The second-order valence-corrected chi connectivity index (χ2v) is 5.04. The molecule has 4 heteroatoms.